The van der Waals surface area contributed by atoms with Crippen LogP contribution in [0.25, 0.3) is 11.3 Å². The molecule has 2 aromatic carbocycles. The van der Waals surface area contributed by atoms with E-state index in [-0.39, 0.29) is 5.95 Å². The lowest BCUT2D eigenvalue weighted by Crippen LogP contribution is -2.44. The molecule has 31 heavy (non-hydrogen) atoms. The topological polar surface area (TPSA) is 70.4 Å². The average molecular weight is 437 g/mol. The minimum Gasteiger partial charge on any atom is -0.740 e. The summed E-state index contributed by atoms with van der Waals surface area (Å²) < 4.78 is 0.900. The van der Waals surface area contributed by atoms with Crippen LogP contribution in [0.4, 0.5) is 23.0 Å². The molecule has 0 bridgehead atoms. The highest BCUT2D eigenvalue weighted by molar-refractivity contribution is 6.31. The second kappa shape index (κ2) is 8.24. The molecule has 160 valence electrons. The molecule has 2 aliphatic rings. The van der Waals surface area contributed by atoms with Crippen LogP contribution >= 0.6 is 11.6 Å². The average Bonchev–Trinajstić information content (AvgIpc) is 2.95. The van der Waals surface area contributed by atoms with Crippen LogP contribution < -0.4 is 20.3 Å². The molecule has 0 radical (unpaired) electrons. The van der Waals surface area contributed by atoms with Crippen LogP contribution in [0, 0.1) is 5.21 Å². The molecule has 0 atom stereocenters. The summed E-state index contributed by atoms with van der Waals surface area (Å²) in [6, 6.07) is 13.7. The Labute approximate surface area is 186 Å². The van der Waals surface area contributed by atoms with Crippen molar-refractivity contribution in [2.45, 2.75) is 6.42 Å². The third-order valence-electron chi connectivity index (χ3n) is 5.96. The predicted molar refractivity (Wildman–Crippen MR) is 125 cm³/mol. The maximum Gasteiger partial charge on any atom is 0.397 e. The summed E-state index contributed by atoms with van der Waals surface area (Å²) in [4.78, 5) is 9.14. The van der Waals surface area contributed by atoms with Gasteiger partial charge in [-0.05, 0) is 43.8 Å². The lowest BCUT2D eigenvalue weighted by Gasteiger charge is -2.34. The van der Waals surface area contributed by atoms with Crippen molar-refractivity contribution >= 4 is 34.6 Å². The number of hydrogen-bond donors (Lipinski definition) is 2. The van der Waals surface area contributed by atoms with E-state index in [0.29, 0.717) is 10.7 Å². The Morgan fingerprint density at radius 3 is 2.81 bits per heavy atom. The first-order chi connectivity index (χ1) is 15.1. The van der Waals surface area contributed by atoms with Gasteiger partial charge in [-0.3, -0.25) is 0 Å². The Balaban J connectivity index is 1.47. The molecule has 8 heteroatoms. The summed E-state index contributed by atoms with van der Waals surface area (Å²) in [7, 11) is 2.15. The number of anilines is 4. The Morgan fingerprint density at radius 1 is 1.13 bits per heavy atom. The second-order valence-corrected chi connectivity index (χ2v) is 8.52. The highest BCUT2D eigenvalue weighted by atomic mass is 35.5. The molecule has 2 N–H and O–H groups in total. The molecule has 0 saturated carbocycles. The Kier molecular flexibility index (Phi) is 5.29. The molecule has 1 saturated heterocycles. The van der Waals surface area contributed by atoms with Crippen molar-refractivity contribution in [2.75, 3.05) is 55.3 Å². The van der Waals surface area contributed by atoms with Crippen molar-refractivity contribution in [3.63, 3.8) is 0 Å². The van der Waals surface area contributed by atoms with E-state index < -0.39 is 0 Å². The van der Waals surface area contributed by atoms with Crippen LogP contribution in [0.5, 0.6) is 0 Å². The summed E-state index contributed by atoms with van der Waals surface area (Å²) in [6.45, 7) is 4.79. The quantitative estimate of drug-likeness (QED) is 0.483. The van der Waals surface area contributed by atoms with Crippen molar-refractivity contribution in [1.29, 1.82) is 0 Å². The molecule has 1 aromatic heterocycles. The molecule has 0 spiro atoms. The van der Waals surface area contributed by atoms with Gasteiger partial charge in [-0.2, -0.15) is 0 Å². The van der Waals surface area contributed by atoms with Gasteiger partial charge in [0.25, 0.3) is 0 Å². The van der Waals surface area contributed by atoms with E-state index in [1.165, 1.54) is 0 Å². The van der Waals surface area contributed by atoms with Crippen molar-refractivity contribution in [3.05, 3.63) is 64.5 Å². The van der Waals surface area contributed by atoms with Crippen molar-refractivity contribution in [3.8, 4) is 11.3 Å². The maximum atomic E-state index is 13.4. The number of likely N-dealkylation sites (N-methyl/N-ethyl adjacent to an activating group) is 1. The smallest absolute Gasteiger partial charge is 0.397 e. The van der Waals surface area contributed by atoms with E-state index in [1.807, 2.05) is 30.3 Å². The third-order valence-corrected chi connectivity index (χ3v) is 6.19. The summed E-state index contributed by atoms with van der Waals surface area (Å²) >= 11 is 6.17. The minimum absolute atomic E-state index is 0.261. The molecule has 5 rings (SSSR count). The minimum atomic E-state index is 0.261. The number of hydrogen-bond acceptors (Lipinski definition) is 6. The molecule has 2 aliphatic heterocycles. The predicted octanol–water partition coefficient (Wildman–Crippen LogP) is 3.50. The van der Waals surface area contributed by atoms with Gasteiger partial charge in [0.15, 0.2) is 0 Å². The number of halogens is 1. The van der Waals surface area contributed by atoms with Crippen molar-refractivity contribution in [2.24, 2.45) is 0 Å². The zero-order valence-corrected chi connectivity index (χ0v) is 18.2. The van der Waals surface area contributed by atoms with Gasteiger partial charge in [-0.15, -0.1) is 0 Å². The van der Waals surface area contributed by atoms with Crippen LogP contribution in [-0.2, 0) is 6.42 Å². The molecular weight excluding hydrogens is 412 g/mol. The number of nitrogens with one attached hydrogen (secondary N) is 2. The van der Waals surface area contributed by atoms with Gasteiger partial charge in [0.2, 0.25) is 0 Å². The fourth-order valence-electron chi connectivity index (χ4n) is 4.21. The van der Waals surface area contributed by atoms with E-state index in [4.69, 9.17) is 11.6 Å². The van der Waals surface area contributed by atoms with Crippen LogP contribution in [0.3, 0.4) is 0 Å². The zero-order valence-electron chi connectivity index (χ0n) is 17.4. The molecule has 0 unspecified atom stereocenters. The summed E-state index contributed by atoms with van der Waals surface area (Å²) in [5.74, 6) is 0.261. The highest BCUT2D eigenvalue weighted by Crippen LogP contribution is 2.33. The standard InChI is InChI=1S/C23H25ClN6O/c1-28-9-11-29(12-10-28)19-4-2-3-18(14-19)27-23-26-15-16-7-8-25-21-13-17(24)5-6-20(21)22(16)30(23)31/h2-6,13-15,25H,7-12H2,1H3,(H,26,27). The number of benzene rings is 2. The number of rotatable bonds is 3. The lowest BCUT2D eigenvalue weighted by atomic mass is 10.1. The molecule has 0 amide bonds. The third kappa shape index (κ3) is 3.98. The molecule has 7 nitrogen and oxygen atoms in total. The summed E-state index contributed by atoms with van der Waals surface area (Å²) in [5, 5.41) is 20.6. The van der Waals surface area contributed by atoms with Crippen molar-refractivity contribution < 1.29 is 4.73 Å². The van der Waals surface area contributed by atoms with E-state index in [0.717, 1.165) is 72.1 Å². The van der Waals surface area contributed by atoms with Gasteiger partial charge in [0.05, 0.1) is 0 Å². The van der Waals surface area contributed by atoms with Crippen LogP contribution in [0.15, 0.2) is 48.7 Å². The first-order valence-electron chi connectivity index (χ1n) is 10.5. The van der Waals surface area contributed by atoms with Gasteiger partial charge < -0.3 is 20.3 Å². The first kappa shape index (κ1) is 19.9. The van der Waals surface area contributed by atoms with Crippen LogP contribution in [-0.4, -0.2) is 49.7 Å². The van der Waals surface area contributed by atoms with Crippen LogP contribution in [0.1, 0.15) is 5.56 Å². The van der Waals surface area contributed by atoms with E-state index in [2.05, 4.69) is 44.6 Å². The monoisotopic (exact) mass is 436 g/mol. The van der Waals surface area contributed by atoms with E-state index in [9.17, 15) is 5.21 Å². The molecule has 3 aromatic rings. The van der Waals surface area contributed by atoms with Crippen molar-refractivity contribution in [1.82, 2.24) is 9.88 Å². The normalized spacial score (nSPS) is 16.1. The molecule has 0 aliphatic carbocycles. The second-order valence-electron chi connectivity index (χ2n) is 8.08. The SMILES string of the molecule is CN1CCN(c2cccc(Nc3ncc4c([n+]3[O-])-c3ccc(Cl)cc3NCC4)c2)CC1. The fraction of sp³-hybridized carbons (Fsp3) is 0.304. The fourth-order valence-corrected chi connectivity index (χ4v) is 4.38. The largest absolute Gasteiger partial charge is 0.740 e. The first-order valence-corrected chi connectivity index (χ1v) is 10.9. The van der Waals surface area contributed by atoms with Gasteiger partial charge in [-0.1, -0.05) is 22.7 Å². The van der Waals surface area contributed by atoms with Gasteiger partial charge >= 0.3 is 5.95 Å². The highest BCUT2D eigenvalue weighted by Gasteiger charge is 2.23. The molecule has 3 heterocycles. The van der Waals surface area contributed by atoms with Gasteiger partial charge in [0, 0.05) is 66.3 Å². The summed E-state index contributed by atoms with van der Waals surface area (Å²) in [6.07, 6.45) is 2.51. The summed E-state index contributed by atoms with van der Waals surface area (Å²) in [5.41, 5.74) is 5.23. The number of aromatic nitrogens is 2. The number of fused-ring (bicyclic) bond motifs is 3. The lowest BCUT2D eigenvalue weighted by molar-refractivity contribution is -0.581. The van der Waals surface area contributed by atoms with E-state index >= 15 is 0 Å². The number of piperazine rings is 1. The Hall–Kier alpha value is -3.03. The van der Waals surface area contributed by atoms with Gasteiger partial charge in [-0.25, -0.2) is 10.0 Å². The maximum absolute atomic E-state index is 13.4. The van der Waals surface area contributed by atoms with Gasteiger partial charge in [0.1, 0.15) is 17.6 Å². The molecular formula is C23H25ClN6O. The zero-order chi connectivity index (χ0) is 21.4. The molecule has 1 fully saturated rings. The van der Waals surface area contributed by atoms with Crippen LogP contribution in [0.2, 0.25) is 5.02 Å². The van der Waals surface area contributed by atoms with E-state index in [1.54, 1.807) is 6.20 Å². The Morgan fingerprint density at radius 2 is 1.97 bits per heavy atom. The Bertz CT molecular complexity index is 1110. The number of nitrogens with zero attached hydrogens (tertiary/aromatic N) is 4.